The van der Waals surface area contributed by atoms with Crippen LogP contribution in [0.15, 0.2) is 24.4 Å². The summed E-state index contributed by atoms with van der Waals surface area (Å²) in [4.78, 5) is 44.1. The predicted molar refractivity (Wildman–Crippen MR) is 139 cm³/mol. The Labute approximate surface area is 218 Å². The van der Waals surface area contributed by atoms with Crippen molar-refractivity contribution in [2.24, 2.45) is 18.2 Å². The Morgan fingerprint density at radius 3 is 2.51 bits per heavy atom. The Bertz CT molecular complexity index is 1230. The monoisotopic (exact) mass is 506 g/mol. The van der Waals surface area contributed by atoms with E-state index in [-0.39, 0.29) is 25.3 Å². The Morgan fingerprint density at radius 1 is 1.19 bits per heavy atom. The first-order chi connectivity index (χ1) is 17.4. The number of esters is 1. The van der Waals surface area contributed by atoms with Crippen LogP contribution in [-0.4, -0.2) is 43.9 Å². The van der Waals surface area contributed by atoms with Crippen LogP contribution in [0.3, 0.4) is 0 Å². The summed E-state index contributed by atoms with van der Waals surface area (Å²) in [6.07, 6.45) is 10.0. The Morgan fingerprint density at radius 2 is 1.89 bits per heavy atom. The highest BCUT2D eigenvalue weighted by atomic mass is 16.6. The molecule has 1 aromatic heterocycles. The first-order valence-corrected chi connectivity index (χ1v) is 13.4. The highest BCUT2D eigenvalue weighted by Crippen LogP contribution is 2.58. The second-order valence-corrected chi connectivity index (χ2v) is 12.2. The van der Waals surface area contributed by atoms with E-state index in [2.05, 4.69) is 17.8 Å². The van der Waals surface area contributed by atoms with Crippen LogP contribution in [0, 0.1) is 5.41 Å². The van der Waals surface area contributed by atoms with Crippen molar-refractivity contribution in [1.29, 1.82) is 0 Å². The fraction of sp³-hybridized carbons (Fsp3) is 0.586. The molecule has 2 aromatic rings. The van der Waals surface area contributed by atoms with E-state index in [1.165, 1.54) is 43.4 Å². The van der Waals surface area contributed by atoms with Gasteiger partial charge in [0.05, 0.1) is 5.69 Å². The van der Waals surface area contributed by atoms with Crippen LogP contribution in [0.1, 0.15) is 99.8 Å². The summed E-state index contributed by atoms with van der Waals surface area (Å²) < 4.78 is 7.50. The smallest absolute Gasteiger partial charge is 0.306 e. The van der Waals surface area contributed by atoms with Crippen LogP contribution in [0.4, 0.5) is 0 Å². The number of aromatic nitrogens is 2. The molecule has 1 aliphatic heterocycles. The Hall–Kier alpha value is -3.16. The summed E-state index contributed by atoms with van der Waals surface area (Å²) in [7, 11) is 2.06. The minimum Gasteiger partial charge on any atom is -0.460 e. The molecule has 0 radical (unpaired) electrons. The van der Waals surface area contributed by atoms with Crippen molar-refractivity contribution >= 4 is 17.8 Å². The number of carbonyl (C=O) groups excluding carboxylic acids is 3. The van der Waals surface area contributed by atoms with Gasteiger partial charge in [0.15, 0.2) is 0 Å². The number of ether oxygens (including phenoxy) is 1. The number of hydrogen-bond acceptors (Lipinski definition) is 5. The molecule has 2 heterocycles. The van der Waals surface area contributed by atoms with Gasteiger partial charge >= 0.3 is 5.97 Å². The van der Waals surface area contributed by atoms with Crippen molar-refractivity contribution in [2.75, 3.05) is 0 Å². The molecule has 37 heavy (non-hydrogen) atoms. The zero-order valence-electron chi connectivity index (χ0n) is 22.4. The fourth-order valence-corrected chi connectivity index (χ4v) is 6.02. The van der Waals surface area contributed by atoms with Gasteiger partial charge in [0.2, 0.25) is 5.91 Å². The van der Waals surface area contributed by atoms with E-state index >= 15 is 0 Å². The molecule has 1 aromatic carbocycles. The van der Waals surface area contributed by atoms with Crippen LogP contribution in [0.2, 0.25) is 0 Å². The van der Waals surface area contributed by atoms with Crippen molar-refractivity contribution in [1.82, 2.24) is 14.5 Å². The van der Waals surface area contributed by atoms with E-state index in [1.807, 2.05) is 18.2 Å². The second-order valence-electron chi connectivity index (χ2n) is 12.2. The average molecular weight is 507 g/mol. The quantitative estimate of drug-likeness (QED) is 0.558. The lowest BCUT2D eigenvalue weighted by Crippen LogP contribution is -2.45. The third kappa shape index (κ3) is 5.29. The molecule has 8 heteroatoms. The standard InChI is InChI=1S/C29H38N4O4/c1-28(2,3)37-24(34)8-7-23(25(30)35)33-16-20-15-19(5-6-21(20)27(33)36)22-17-32(4)26(31-22)18-9-11-29(12-10-18)13-14-29/h5-6,15,17-18,23H,7-14,16H2,1-4H3,(H2,30,35). The molecule has 2 amide bonds. The summed E-state index contributed by atoms with van der Waals surface area (Å²) in [5, 5.41) is 0. The highest BCUT2D eigenvalue weighted by Gasteiger charge is 2.45. The van der Waals surface area contributed by atoms with Crippen LogP contribution in [0.5, 0.6) is 0 Å². The van der Waals surface area contributed by atoms with Crippen molar-refractivity contribution < 1.29 is 19.1 Å². The Balaban J connectivity index is 1.29. The molecule has 198 valence electrons. The summed E-state index contributed by atoms with van der Waals surface area (Å²) in [5.41, 5.74) is 8.95. The Kier molecular flexibility index (Phi) is 6.40. The normalized spacial score (nSPS) is 19.7. The van der Waals surface area contributed by atoms with E-state index in [0.717, 1.165) is 22.6 Å². The molecule has 2 aliphatic carbocycles. The molecular weight excluding hydrogens is 468 g/mol. The molecule has 1 spiro atoms. The molecule has 3 aliphatic rings. The van der Waals surface area contributed by atoms with Gasteiger partial charge in [0, 0.05) is 43.3 Å². The highest BCUT2D eigenvalue weighted by molar-refractivity contribution is 6.01. The minimum atomic E-state index is -0.876. The largest absolute Gasteiger partial charge is 0.460 e. The topological polar surface area (TPSA) is 108 Å². The van der Waals surface area contributed by atoms with E-state index < -0.39 is 23.5 Å². The molecule has 2 N–H and O–H groups in total. The van der Waals surface area contributed by atoms with Gasteiger partial charge in [0.1, 0.15) is 17.5 Å². The van der Waals surface area contributed by atoms with E-state index in [1.54, 1.807) is 20.8 Å². The number of nitrogens with two attached hydrogens (primary N) is 1. The first kappa shape index (κ1) is 25.5. The van der Waals surface area contributed by atoms with Gasteiger partial charge in [-0.1, -0.05) is 6.07 Å². The molecule has 5 rings (SSSR count). The van der Waals surface area contributed by atoms with E-state index in [0.29, 0.717) is 16.9 Å². The fourth-order valence-electron chi connectivity index (χ4n) is 6.02. The number of benzene rings is 1. The number of imidazole rings is 1. The van der Waals surface area contributed by atoms with Crippen molar-refractivity contribution in [3.05, 3.63) is 41.3 Å². The lowest BCUT2D eigenvalue weighted by molar-refractivity contribution is -0.155. The van der Waals surface area contributed by atoms with Gasteiger partial charge in [-0.3, -0.25) is 14.4 Å². The van der Waals surface area contributed by atoms with Gasteiger partial charge < -0.3 is 19.9 Å². The number of nitrogens with zero attached hydrogens (tertiary/aromatic N) is 3. The summed E-state index contributed by atoms with van der Waals surface area (Å²) in [6.45, 7) is 5.64. The van der Waals surface area contributed by atoms with Crippen LogP contribution in [0.25, 0.3) is 11.3 Å². The number of rotatable bonds is 7. The molecule has 1 atom stereocenters. The molecule has 1 unspecified atom stereocenters. The van der Waals surface area contributed by atoms with E-state index in [4.69, 9.17) is 15.5 Å². The van der Waals surface area contributed by atoms with Crippen LogP contribution in [-0.2, 0) is 27.9 Å². The van der Waals surface area contributed by atoms with Gasteiger partial charge in [-0.15, -0.1) is 0 Å². The van der Waals surface area contributed by atoms with Crippen molar-refractivity contribution in [3.8, 4) is 11.3 Å². The number of hydrogen-bond donors (Lipinski definition) is 1. The molecule has 0 saturated heterocycles. The zero-order chi connectivity index (χ0) is 26.5. The number of amides is 2. The molecule has 2 fully saturated rings. The average Bonchev–Trinajstić information content (AvgIpc) is 3.33. The maximum atomic E-state index is 13.2. The zero-order valence-corrected chi connectivity index (χ0v) is 22.4. The van der Waals surface area contributed by atoms with Crippen LogP contribution < -0.4 is 5.73 Å². The summed E-state index contributed by atoms with van der Waals surface area (Å²) in [5.74, 6) is 0.353. The number of aryl methyl sites for hydroxylation is 1. The number of carbonyl (C=O) groups is 3. The second kappa shape index (κ2) is 9.30. The molecule has 2 saturated carbocycles. The summed E-state index contributed by atoms with van der Waals surface area (Å²) in [6, 6.07) is 4.85. The maximum Gasteiger partial charge on any atom is 0.306 e. The lowest BCUT2D eigenvalue weighted by Gasteiger charge is -2.27. The van der Waals surface area contributed by atoms with Gasteiger partial charge in [-0.25, -0.2) is 4.98 Å². The van der Waals surface area contributed by atoms with E-state index in [9.17, 15) is 14.4 Å². The third-order valence-corrected chi connectivity index (χ3v) is 8.26. The molecule has 8 nitrogen and oxygen atoms in total. The number of primary amides is 1. The molecule has 0 bridgehead atoms. The summed E-state index contributed by atoms with van der Waals surface area (Å²) >= 11 is 0. The third-order valence-electron chi connectivity index (χ3n) is 8.26. The minimum absolute atomic E-state index is 0.00918. The van der Waals surface area contributed by atoms with Gasteiger partial charge in [0.25, 0.3) is 5.91 Å². The van der Waals surface area contributed by atoms with Gasteiger partial charge in [-0.2, -0.15) is 0 Å². The van der Waals surface area contributed by atoms with Crippen molar-refractivity contribution in [3.63, 3.8) is 0 Å². The van der Waals surface area contributed by atoms with Gasteiger partial charge in [-0.05, 0) is 88.8 Å². The number of fused-ring (bicyclic) bond motifs is 1. The first-order valence-electron chi connectivity index (χ1n) is 13.4. The SMILES string of the molecule is Cn1cc(-c2ccc3c(c2)CN(C(CCC(=O)OC(C)(C)C)C(N)=O)C3=O)nc1C1CCC2(CC1)CC2. The molecular formula is C29H38N4O4. The van der Waals surface area contributed by atoms with Crippen molar-refractivity contribution in [2.45, 2.75) is 96.2 Å². The van der Waals surface area contributed by atoms with Crippen LogP contribution >= 0.6 is 0 Å². The maximum absolute atomic E-state index is 13.2. The lowest BCUT2D eigenvalue weighted by atomic mass is 9.79. The predicted octanol–water partition coefficient (Wildman–Crippen LogP) is 4.46.